The monoisotopic (exact) mass is 316 g/mol. The van der Waals surface area contributed by atoms with Crippen LogP contribution in [-0.4, -0.2) is 45.1 Å². The van der Waals surface area contributed by atoms with Gasteiger partial charge < -0.3 is 4.90 Å². The molecule has 1 aromatic rings. The van der Waals surface area contributed by atoms with Crippen LogP contribution < -0.4 is 0 Å². The van der Waals surface area contributed by atoms with Crippen LogP contribution in [-0.2, 0) is 4.79 Å². The van der Waals surface area contributed by atoms with Crippen molar-refractivity contribution in [3.05, 3.63) is 12.4 Å². The Balaban J connectivity index is 1.79. The Morgan fingerprint density at radius 2 is 1.95 bits per heavy atom. The molecule has 2 heterocycles. The number of alkyl halides is 3. The minimum absolute atomic E-state index is 0.0835. The maximum absolute atomic E-state index is 13.5. The molecule has 1 aliphatic carbocycles. The zero-order valence-corrected chi connectivity index (χ0v) is 12.2. The summed E-state index contributed by atoms with van der Waals surface area (Å²) in [6.07, 6.45) is 0.997. The summed E-state index contributed by atoms with van der Waals surface area (Å²) in [5.41, 5.74) is -2.17. The molecule has 1 amide bonds. The first kappa shape index (κ1) is 15.3. The second-order valence-corrected chi connectivity index (χ2v) is 6.22. The van der Waals surface area contributed by atoms with Gasteiger partial charge in [0.05, 0.1) is 12.2 Å². The van der Waals surface area contributed by atoms with Crippen molar-refractivity contribution in [3.8, 4) is 0 Å². The van der Waals surface area contributed by atoms with Gasteiger partial charge in [0.25, 0.3) is 0 Å². The number of nitrogens with zero attached hydrogens (tertiary/aromatic N) is 4. The van der Waals surface area contributed by atoms with Crippen LogP contribution >= 0.6 is 0 Å². The highest BCUT2D eigenvalue weighted by Gasteiger charge is 2.62. The molecule has 0 spiro atoms. The SMILES string of the molecule is O=C(N1CCCC(n2ccnn2)C1)C1(C(F)(F)F)CCCC1. The summed E-state index contributed by atoms with van der Waals surface area (Å²) in [5, 5.41) is 7.63. The molecule has 1 saturated carbocycles. The lowest BCUT2D eigenvalue weighted by Gasteiger charge is -2.39. The largest absolute Gasteiger partial charge is 0.403 e. The van der Waals surface area contributed by atoms with Crippen molar-refractivity contribution in [3.63, 3.8) is 0 Å². The van der Waals surface area contributed by atoms with E-state index >= 15 is 0 Å². The van der Waals surface area contributed by atoms with Gasteiger partial charge in [-0.2, -0.15) is 13.2 Å². The standard InChI is InChI=1S/C14H19F3N4O/c15-14(16,17)13(5-1-2-6-13)12(22)20-8-3-4-11(10-20)21-9-7-18-19-21/h7,9,11H,1-6,8,10H2. The van der Waals surface area contributed by atoms with Crippen LogP contribution in [0, 0.1) is 5.41 Å². The average Bonchev–Trinajstić information content (AvgIpc) is 3.17. The van der Waals surface area contributed by atoms with E-state index in [2.05, 4.69) is 10.3 Å². The zero-order chi connectivity index (χ0) is 15.8. The molecule has 1 saturated heterocycles. The molecule has 1 aromatic heterocycles. The molecule has 0 N–H and O–H groups in total. The van der Waals surface area contributed by atoms with Gasteiger partial charge in [0.15, 0.2) is 0 Å². The first-order valence-corrected chi connectivity index (χ1v) is 7.66. The Morgan fingerprint density at radius 3 is 2.55 bits per heavy atom. The number of amides is 1. The molecule has 0 bridgehead atoms. The number of hydrogen-bond donors (Lipinski definition) is 0. The van der Waals surface area contributed by atoms with Gasteiger partial charge in [-0.15, -0.1) is 5.10 Å². The zero-order valence-electron chi connectivity index (χ0n) is 12.2. The van der Waals surface area contributed by atoms with Gasteiger partial charge in [0.1, 0.15) is 5.41 Å². The van der Waals surface area contributed by atoms with Crippen molar-refractivity contribution in [2.24, 2.45) is 5.41 Å². The number of aromatic nitrogens is 3. The normalized spacial score (nSPS) is 25.4. The number of carbonyl (C=O) groups is 1. The molecule has 1 atom stereocenters. The van der Waals surface area contributed by atoms with E-state index in [9.17, 15) is 18.0 Å². The number of carbonyl (C=O) groups excluding carboxylic acids is 1. The Labute approximate surface area is 126 Å². The van der Waals surface area contributed by atoms with E-state index in [0.717, 1.165) is 6.42 Å². The van der Waals surface area contributed by atoms with Gasteiger partial charge in [0.2, 0.25) is 5.91 Å². The second kappa shape index (κ2) is 5.55. The van der Waals surface area contributed by atoms with Crippen LogP contribution in [0.2, 0.25) is 0 Å². The summed E-state index contributed by atoms with van der Waals surface area (Å²) < 4.78 is 42.2. The minimum Gasteiger partial charge on any atom is -0.340 e. The summed E-state index contributed by atoms with van der Waals surface area (Å²) in [5.74, 6) is -0.748. The van der Waals surface area contributed by atoms with E-state index in [-0.39, 0.29) is 25.4 Å². The molecule has 2 fully saturated rings. The lowest BCUT2D eigenvalue weighted by molar-refractivity contribution is -0.226. The van der Waals surface area contributed by atoms with E-state index in [0.29, 0.717) is 25.8 Å². The Morgan fingerprint density at radius 1 is 1.23 bits per heavy atom. The molecule has 122 valence electrons. The summed E-state index contributed by atoms with van der Waals surface area (Å²) in [7, 11) is 0. The van der Waals surface area contributed by atoms with Crippen LogP contribution in [0.5, 0.6) is 0 Å². The molecular formula is C14H19F3N4O. The van der Waals surface area contributed by atoms with E-state index in [1.54, 1.807) is 10.9 Å². The maximum atomic E-state index is 13.5. The third kappa shape index (κ3) is 2.48. The Hall–Kier alpha value is -1.60. The van der Waals surface area contributed by atoms with Crippen molar-refractivity contribution in [1.82, 2.24) is 19.9 Å². The lowest BCUT2D eigenvalue weighted by Crippen LogP contribution is -2.53. The van der Waals surface area contributed by atoms with Gasteiger partial charge in [-0.1, -0.05) is 18.1 Å². The predicted molar refractivity (Wildman–Crippen MR) is 71.8 cm³/mol. The molecule has 3 rings (SSSR count). The molecule has 0 aromatic carbocycles. The topological polar surface area (TPSA) is 51.0 Å². The van der Waals surface area contributed by atoms with Crippen molar-refractivity contribution in [2.75, 3.05) is 13.1 Å². The third-order valence-electron chi connectivity index (χ3n) is 4.91. The van der Waals surface area contributed by atoms with Gasteiger partial charge in [0, 0.05) is 19.3 Å². The van der Waals surface area contributed by atoms with Crippen molar-refractivity contribution >= 4 is 5.91 Å². The maximum Gasteiger partial charge on any atom is 0.403 e. The molecular weight excluding hydrogens is 297 g/mol. The Bertz CT molecular complexity index is 523. The average molecular weight is 316 g/mol. The summed E-state index contributed by atoms with van der Waals surface area (Å²) in [6.45, 7) is 0.669. The van der Waals surface area contributed by atoms with Crippen LogP contribution in [0.25, 0.3) is 0 Å². The number of halogens is 3. The van der Waals surface area contributed by atoms with Crippen LogP contribution in [0.4, 0.5) is 13.2 Å². The number of hydrogen-bond acceptors (Lipinski definition) is 3. The fourth-order valence-electron chi connectivity index (χ4n) is 3.67. The first-order valence-electron chi connectivity index (χ1n) is 7.66. The quantitative estimate of drug-likeness (QED) is 0.842. The molecule has 0 radical (unpaired) electrons. The number of likely N-dealkylation sites (tertiary alicyclic amines) is 1. The highest BCUT2D eigenvalue weighted by Crippen LogP contribution is 2.51. The highest BCUT2D eigenvalue weighted by atomic mass is 19.4. The smallest absolute Gasteiger partial charge is 0.340 e. The van der Waals surface area contributed by atoms with Gasteiger partial charge >= 0.3 is 6.18 Å². The van der Waals surface area contributed by atoms with Gasteiger partial charge in [-0.3, -0.25) is 4.79 Å². The number of piperidine rings is 1. The number of rotatable bonds is 2. The van der Waals surface area contributed by atoms with Crippen molar-refractivity contribution < 1.29 is 18.0 Å². The minimum atomic E-state index is -4.47. The molecule has 5 nitrogen and oxygen atoms in total. The molecule has 1 aliphatic heterocycles. The van der Waals surface area contributed by atoms with E-state index < -0.39 is 17.5 Å². The summed E-state index contributed by atoms with van der Waals surface area (Å²) in [6, 6.07) is -0.0908. The molecule has 1 unspecified atom stereocenters. The first-order chi connectivity index (χ1) is 10.4. The van der Waals surface area contributed by atoms with Crippen LogP contribution in [0.15, 0.2) is 12.4 Å². The summed E-state index contributed by atoms with van der Waals surface area (Å²) >= 11 is 0. The van der Waals surface area contributed by atoms with Crippen LogP contribution in [0.3, 0.4) is 0 Å². The third-order valence-corrected chi connectivity index (χ3v) is 4.91. The lowest BCUT2D eigenvalue weighted by atomic mass is 9.83. The fraction of sp³-hybridized carbons (Fsp3) is 0.786. The van der Waals surface area contributed by atoms with Crippen LogP contribution in [0.1, 0.15) is 44.6 Å². The molecule has 8 heteroatoms. The summed E-state index contributed by atoms with van der Waals surface area (Å²) in [4.78, 5) is 14.0. The molecule has 2 aliphatic rings. The highest BCUT2D eigenvalue weighted by molar-refractivity contribution is 5.84. The predicted octanol–water partition coefficient (Wildman–Crippen LogP) is 2.56. The van der Waals surface area contributed by atoms with E-state index in [4.69, 9.17) is 0 Å². The van der Waals surface area contributed by atoms with E-state index in [1.807, 2.05) is 0 Å². The Kier molecular flexibility index (Phi) is 3.86. The van der Waals surface area contributed by atoms with Gasteiger partial charge in [-0.05, 0) is 25.7 Å². The van der Waals surface area contributed by atoms with Crippen molar-refractivity contribution in [1.29, 1.82) is 0 Å². The second-order valence-electron chi connectivity index (χ2n) is 6.22. The van der Waals surface area contributed by atoms with Crippen molar-refractivity contribution in [2.45, 2.75) is 50.7 Å². The van der Waals surface area contributed by atoms with Gasteiger partial charge in [-0.25, -0.2) is 4.68 Å². The molecule has 22 heavy (non-hydrogen) atoms. The van der Waals surface area contributed by atoms with E-state index in [1.165, 1.54) is 11.1 Å². The fourth-order valence-corrected chi connectivity index (χ4v) is 3.67.